The van der Waals surface area contributed by atoms with E-state index in [4.69, 9.17) is 0 Å². The minimum absolute atomic E-state index is 0.231. The quantitative estimate of drug-likeness (QED) is 0.822. The zero-order valence-electron chi connectivity index (χ0n) is 11.6. The molecule has 2 aliphatic rings. The molecule has 3 nitrogen and oxygen atoms in total. The predicted molar refractivity (Wildman–Crippen MR) is 77.9 cm³/mol. The molecule has 0 aromatic carbocycles. The van der Waals surface area contributed by atoms with Crippen molar-refractivity contribution in [1.82, 2.24) is 10.6 Å². The summed E-state index contributed by atoms with van der Waals surface area (Å²) in [5, 5.41) is 7.37. The van der Waals surface area contributed by atoms with E-state index >= 15 is 0 Å². The van der Waals surface area contributed by atoms with Gasteiger partial charge in [0.2, 0.25) is 5.91 Å². The molecule has 0 aromatic rings. The Bertz CT molecular complexity index is 285. The summed E-state index contributed by atoms with van der Waals surface area (Å²) in [5.74, 6) is 1.69. The predicted octanol–water partition coefficient (Wildman–Crippen LogP) is 2.16. The molecular formula is C14H26N2OS. The van der Waals surface area contributed by atoms with Crippen molar-refractivity contribution in [3.63, 3.8) is 0 Å². The molecular weight excluding hydrogens is 244 g/mol. The second-order valence-electron chi connectivity index (χ2n) is 5.62. The molecule has 0 radical (unpaired) electrons. The Kier molecular flexibility index (Phi) is 5.37. The van der Waals surface area contributed by atoms with Crippen molar-refractivity contribution in [3.05, 3.63) is 0 Å². The van der Waals surface area contributed by atoms with Gasteiger partial charge in [-0.3, -0.25) is 4.79 Å². The van der Waals surface area contributed by atoms with Crippen molar-refractivity contribution in [3.8, 4) is 0 Å². The van der Waals surface area contributed by atoms with E-state index < -0.39 is 0 Å². The molecule has 1 aliphatic carbocycles. The van der Waals surface area contributed by atoms with Crippen molar-refractivity contribution in [2.24, 2.45) is 5.92 Å². The van der Waals surface area contributed by atoms with Crippen LogP contribution >= 0.6 is 11.8 Å². The zero-order valence-corrected chi connectivity index (χ0v) is 12.4. The third-order valence-corrected chi connectivity index (χ3v) is 5.48. The van der Waals surface area contributed by atoms with Crippen molar-refractivity contribution in [2.75, 3.05) is 12.3 Å². The second-order valence-corrected chi connectivity index (χ2v) is 7.13. The Labute approximate surface area is 115 Å². The number of piperidine rings is 1. The second kappa shape index (κ2) is 6.80. The van der Waals surface area contributed by atoms with Crippen LogP contribution in [0.4, 0.5) is 0 Å². The average Bonchev–Trinajstić information content (AvgIpc) is 2.77. The molecule has 0 bridgehead atoms. The third kappa shape index (κ3) is 3.64. The van der Waals surface area contributed by atoms with Gasteiger partial charge in [0.15, 0.2) is 0 Å². The first-order valence-electron chi connectivity index (χ1n) is 7.36. The van der Waals surface area contributed by atoms with Crippen LogP contribution in [0.2, 0.25) is 0 Å². The van der Waals surface area contributed by atoms with Crippen molar-refractivity contribution >= 4 is 17.7 Å². The molecule has 2 rings (SSSR count). The highest BCUT2D eigenvalue weighted by atomic mass is 32.2. The number of carbonyl (C=O) groups is 1. The summed E-state index contributed by atoms with van der Waals surface area (Å²) < 4.78 is 0. The number of rotatable bonds is 4. The highest BCUT2D eigenvalue weighted by molar-refractivity contribution is 7.99. The van der Waals surface area contributed by atoms with Crippen molar-refractivity contribution in [2.45, 2.75) is 63.3 Å². The lowest BCUT2D eigenvalue weighted by Gasteiger charge is -2.29. The molecule has 1 saturated carbocycles. The monoisotopic (exact) mass is 270 g/mol. The lowest BCUT2D eigenvalue weighted by atomic mass is 9.92. The van der Waals surface area contributed by atoms with Crippen LogP contribution in [0.1, 0.15) is 46.0 Å². The van der Waals surface area contributed by atoms with E-state index in [1.54, 1.807) is 0 Å². The van der Waals surface area contributed by atoms with E-state index in [2.05, 4.69) is 24.5 Å². The molecule has 0 spiro atoms. The van der Waals surface area contributed by atoms with Gasteiger partial charge >= 0.3 is 0 Å². The lowest BCUT2D eigenvalue weighted by molar-refractivity contribution is -0.126. The fourth-order valence-corrected chi connectivity index (χ4v) is 4.37. The topological polar surface area (TPSA) is 41.1 Å². The molecule has 4 atom stereocenters. The number of hydrogen-bond acceptors (Lipinski definition) is 3. The SMILES string of the molecule is CCSC1CCCC1NC(=O)[C@H]1CCN[C@@H](C)C1. The van der Waals surface area contributed by atoms with Crippen LogP contribution in [0.25, 0.3) is 0 Å². The van der Waals surface area contributed by atoms with Gasteiger partial charge in [-0.25, -0.2) is 0 Å². The fourth-order valence-electron chi connectivity index (χ4n) is 3.18. The number of nitrogens with one attached hydrogen (secondary N) is 2. The molecule has 2 N–H and O–H groups in total. The lowest BCUT2D eigenvalue weighted by Crippen LogP contribution is -2.46. The summed E-state index contributed by atoms with van der Waals surface area (Å²) in [6, 6.07) is 0.909. The maximum absolute atomic E-state index is 12.3. The van der Waals surface area contributed by atoms with Crippen LogP contribution in [0.3, 0.4) is 0 Å². The van der Waals surface area contributed by atoms with Crippen LogP contribution in [-0.2, 0) is 4.79 Å². The van der Waals surface area contributed by atoms with Gasteiger partial charge in [0.1, 0.15) is 0 Å². The van der Waals surface area contributed by atoms with Gasteiger partial charge in [0.05, 0.1) is 0 Å². The van der Waals surface area contributed by atoms with Gasteiger partial charge in [-0.2, -0.15) is 11.8 Å². The minimum Gasteiger partial charge on any atom is -0.352 e. The van der Waals surface area contributed by atoms with Gasteiger partial charge in [0, 0.05) is 23.3 Å². The minimum atomic E-state index is 0.231. The summed E-state index contributed by atoms with van der Waals surface area (Å²) in [7, 11) is 0. The molecule has 1 saturated heterocycles. The Morgan fingerprint density at radius 1 is 1.39 bits per heavy atom. The maximum Gasteiger partial charge on any atom is 0.223 e. The zero-order chi connectivity index (χ0) is 13.0. The number of hydrogen-bond donors (Lipinski definition) is 2. The van der Waals surface area contributed by atoms with Crippen LogP contribution in [0.5, 0.6) is 0 Å². The molecule has 1 aliphatic heterocycles. The molecule has 1 heterocycles. The largest absolute Gasteiger partial charge is 0.352 e. The Balaban J connectivity index is 1.82. The first-order valence-corrected chi connectivity index (χ1v) is 8.41. The van der Waals surface area contributed by atoms with E-state index in [1.165, 1.54) is 19.3 Å². The third-order valence-electron chi connectivity index (χ3n) is 4.16. The summed E-state index contributed by atoms with van der Waals surface area (Å²) in [4.78, 5) is 12.3. The van der Waals surface area contributed by atoms with Crippen molar-refractivity contribution in [1.29, 1.82) is 0 Å². The normalized spacial score (nSPS) is 36.6. The van der Waals surface area contributed by atoms with Crippen LogP contribution in [-0.4, -0.2) is 35.5 Å². The van der Waals surface area contributed by atoms with E-state index in [9.17, 15) is 4.79 Å². The average molecular weight is 270 g/mol. The molecule has 2 fully saturated rings. The first-order chi connectivity index (χ1) is 8.70. The first kappa shape index (κ1) is 14.2. The fraction of sp³-hybridized carbons (Fsp3) is 0.929. The van der Waals surface area contributed by atoms with Crippen LogP contribution in [0.15, 0.2) is 0 Å². The molecule has 0 aromatic heterocycles. The van der Waals surface area contributed by atoms with Gasteiger partial charge in [-0.15, -0.1) is 0 Å². The number of thioether (sulfide) groups is 1. The summed E-state index contributed by atoms with van der Waals surface area (Å²) in [6.07, 6.45) is 5.69. The molecule has 1 amide bonds. The van der Waals surface area contributed by atoms with E-state index in [0.29, 0.717) is 23.2 Å². The number of carbonyl (C=O) groups excluding carboxylic acids is 1. The number of amides is 1. The molecule has 104 valence electrons. The van der Waals surface area contributed by atoms with E-state index in [-0.39, 0.29) is 5.92 Å². The van der Waals surface area contributed by atoms with Crippen LogP contribution < -0.4 is 10.6 Å². The van der Waals surface area contributed by atoms with Gasteiger partial charge in [0.25, 0.3) is 0 Å². The molecule has 18 heavy (non-hydrogen) atoms. The standard InChI is InChI=1S/C14H26N2OS/c1-3-18-13-6-4-5-12(13)16-14(17)11-7-8-15-10(2)9-11/h10-13,15H,3-9H2,1-2H3,(H,16,17)/t10-,11-,12?,13?/m0/s1. The van der Waals surface area contributed by atoms with E-state index in [1.807, 2.05) is 11.8 Å². The Morgan fingerprint density at radius 2 is 2.22 bits per heavy atom. The molecule has 4 heteroatoms. The highest BCUT2D eigenvalue weighted by Crippen LogP contribution is 2.30. The van der Waals surface area contributed by atoms with Gasteiger partial charge in [-0.1, -0.05) is 13.3 Å². The summed E-state index contributed by atoms with van der Waals surface area (Å²) in [6.45, 7) is 5.36. The molecule has 2 unspecified atom stereocenters. The van der Waals surface area contributed by atoms with Crippen LogP contribution in [0, 0.1) is 5.92 Å². The van der Waals surface area contributed by atoms with Crippen molar-refractivity contribution < 1.29 is 4.79 Å². The van der Waals surface area contributed by atoms with E-state index in [0.717, 1.165) is 25.1 Å². The Morgan fingerprint density at radius 3 is 2.94 bits per heavy atom. The smallest absolute Gasteiger partial charge is 0.223 e. The van der Waals surface area contributed by atoms with Gasteiger partial charge in [-0.05, 0) is 44.9 Å². The highest BCUT2D eigenvalue weighted by Gasteiger charge is 2.31. The summed E-state index contributed by atoms with van der Waals surface area (Å²) in [5.41, 5.74) is 0. The summed E-state index contributed by atoms with van der Waals surface area (Å²) >= 11 is 2.01. The maximum atomic E-state index is 12.3. The van der Waals surface area contributed by atoms with Gasteiger partial charge < -0.3 is 10.6 Å². The Hall–Kier alpha value is -0.220.